The number of halogens is 13. The van der Waals surface area contributed by atoms with E-state index in [0.29, 0.717) is 5.56 Å². The highest BCUT2D eigenvalue weighted by atomic mass is 19.4. The number of hydrogen-bond acceptors (Lipinski definition) is 3. The minimum atomic E-state index is -7.95. The first-order valence-corrected chi connectivity index (χ1v) is 11.7. The Labute approximate surface area is 233 Å². The summed E-state index contributed by atoms with van der Waals surface area (Å²) in [4.78, 5) is 23.4. The molecule has 1 atom stereocenters. The van der Waals surface area contributed by atoms with E-state index in [1.54, 1.807) is 30.3 Å². The van der Waals surface area contributed by atoms with Gasteiger partial charge in [-0.15, -0.1) is 0 Å². The highest BCUT2D eigenvalue weighted by molar-refractivity contribution is 5.80. The summed E-state index contributed by atoms with van der Waals surface area (Å²) in [7, 11) is 0. The van der Waals surface area contributed by atoms with Gasteiger partial charge in [0.05, 0.1) is 0 Å². The van der Waals surface area contributed by atoms with Crippen LogP contribution in [0.15, 0.2) is 54.6 Å². The van der Waals surface area contributed by atoms with E-state index < -0.39 is 73.3 Å². The number of ether oxygens (including phenoxy) is 1. The molecule has 0 bridgehead atoms. The third kappa shape index (κ3) is 7.44. The normalized spacial score (nSPS) is 14.3. The molecule has 0 saturated heterocycles. The summed E-state index contributed by atoms with van der Waals surface area (Å²) >= 11 is 0. The van der Waals surface area contributed by atoms with Gasteiger partial charge in [-0.25, -0.2) is 9.59 Å². The first kappa shape index (κ1) is 35.5. The van der Waals surface area contributed by atoms with Gasteiger partial charge in [-0.3, -0.25) is 0 Å². The minimum Gasteiger partial charge on any atom is -0.480 e. The van der Waals surface area contributed by atoms with Crippen LogP contribution >= 0.6 is 0 Å². The van der Waals surface area contributed by atoms with Crippen LogP contribution in [0, 0.1) is 0 Å². The Bertz CT molecular complexity index is 1250. The number of amides is 1. The monoisotopic (exact) mass is 645 g/mol. The molecule has 18 heteroatoms. The molecule has 2 aromatic rings. The maximum Gasteiger partial charge on any atom is 0.460 e. The second-order valence-corrected chi connectivity index (χ2v) is 9.12. The Kier molecular flexibility index (Phi) is 10.3. The molecule has 0 heterocycles. The van der Waals surface area contributed by atoms with Crippen molar-refractivity contribution in [1.82, 2.24) is 5.32 Å². The van der Waals surface area contributed by atoms with E-state index in [9.17, 15) is 71.8 Å². The fourth-order valence-corrected chi connectivity index (χ4v) is 3.45. The molecule has 0 unspecified atom stereocenters. The zero-order chi connectivity index (χ0) is 33.1. The molecule has 0 saturated carbocycles. The summed E-state index contributed by atoms with van der Waals surface area (Å²) in [6.07, 6.45) is -12.4. The lowest BCUT2D eigenvalue weighted by Gasteiger charge is -2.39. The number of aliphatic carboxylic acids is 1. The van der Waals surface area contributed by atoms with Crippen LogP contribution in [-0.4, -0.2) is 59.0 Å². The fraction of sp³-hybridized carbons (Fsp3) is 0.440. The van der Waals surface area contributed by atoms with Gasteiger partial charge in [0.15, 0.2) is 0 Å². The van der Waals surface area contributed by atoms with Crippen LogP contribution in [0.3, 0.4) is 0 Å². The molecule has 0 aliphatic carbocycles. The molecule has 240 valence electrons. The van der Waals surface area contributed by atoms with E-state index in [0.717, 1.165) is 24.3 Å². The molecule has 0 aromatic heterocycles. The lowest BCUT2D eigenvalue weighted by Crippen LogP contribution is -2.70. The van der Waals surface area contributed by atoms with Crippen LogP contribution in [0.25, 0.3) is 0 Å². The van der Waals surface area contributed by atoms with Crippen LogP contribution in [0.4, 0.5) is 61.9 Å². The number of alkyl halides is 13. The number of carboxylic acid groups (broad SMARTS) is 1. The van der Waals surface area contributed by atoms with Crippen LogP contribution in [0.2, 0.25) is 0 Å². The number of benzene rings is 2. The molecule has 1 amide bonds. The molecule has 2 N–H and O–H groups in total. The largest absolute Gasteiger partial charge is 0.480 e. The highest BCUT2D eigenvalue weighted by Gasteiger charge is 2.90. The van der Waals surface area contributed by atoms with Gasteiger partial charge in [0.2, 0.25) is 0 Å². The molecule has 0 spiro atoms. The number of carboxylic acids is 1. The summed E-state index contributed by atoms with van der Waals surface area (Å²) in [5, 5.41) is 11.4. The van der Waals surface area contributed by atoms with Crippen molar-refractivity contribution in [1.29, 1.82) is 0 Å². The summed E-state index contributed by atoms with van der Waals surface area (Å²) < 4.78 is 177. The van der Waals surface area contributed by atoms with Gasteiger partial charge in [-0.1, -0.05) is 54.6 Å². The molecule has 0 fully saturated rings. The van der Waals surface area contributed by atoms with E-state index in [4.69, 9.17) is 4.74 Å². The number of rotatable bonds is 13. The fourth-order valence-electron chi connectivity index (χ4n) is 3.45. The van der Waals surface area contributed by atoms with Crippen LogP contribution in [0.1, 0.15) is 23.1 Å². The topological polar surface area (TPSA) is 75.6 Å². The van der Waals surface area contributed by atoms with Crippen LogP contribution in [-0.2, 0) is 29.0 Å². The average molecular weight is 645 g/mol. The van der Waals surface area contributed by atoms with Crippen molar-refractivity contribution in [2.24, 2.45) is 0 Å². The Balaban J connectivity index is 2.02. The van der Waals surface area contributed by atoms with E-state index >= 15 is 0 Å². The third-order valence-electron chi connectivity index (χ3n) is 5.99. The second kappa shape index (κ2) is 12.5. The van der Waals surface area contributed by atoms with Gasteiger partial charge in [0, 0.05) is 12.8 Å². The quantitative estimate of drug-likeness (QED) is 0.225. The number of carbonyl (C=O) groups excluding carboxylic acids is 1. The molecule has 2 rings (SSSR count). The zero-order valence-corrected chi connectivity index (χ0v) is 21.2. The summed E-state index contributed by atoms with van der Waals surface area (Å²) in [5.41, 5.74) is 0.366. The van der Waals surface area contributed by atoms with E-state index in [1.807, 2.05) is 0 Å². The summed E-state index contributed by atoms with van der Waals surface area (Å²) in [5.74, 6) is -38.5. The molecule has 0 aliphatic rings. The SMILES string of the molecule is O=C(N[C@H](Cc1ccccc1)C(=O)O)OCc1ccc(CCC(F)(F)C(F)(F)C(F)(F)C(F)(F)C(F)(F)C(F)(F)F)cc1. The molecule has 5 nitrogen and oxygen atoms in total. The third-order valence-corrected chi connectivity index (χ3v) is 5.99. The van der Waals surface area contributed by atoms with Crippen molar-refractivity contribution in [3.63, 3.8) is 0 Å². The Morgan fingerprint density at radius 2 is 1.16 bits per heavy atom. The molecule has 0 radical (unpaired) electrons. The zero-order valence-electron chi connectivity index (χ0n) is 21.2. The van der Waals surface area contributed by atoms with Crippen molar-refractivity contribution in [3.05, 3.63) is 71.3 Å². The smallest absolute Gasteiger partial charge is 0.460 e. The van der Waals surface area contributed by atoms with Crippen molar-refractivity contribution in [3.8, 4) is 0 Å². The first-order chi connectivity index (χ1) is 19.5. The molecular formula is C25H20F13NO4. The molecule has 43 heavy (non-hydrogen) atoms. The summed E-state index contributed by atoms with van der Waals surface area (Å²) in [6.45, 7) is -0.535. The molecule has 2 aromatic carbocycles. The van der Waals surface area contributed by atoms with Gasteiger partial charge >= 0.3 is 47.9 Å². The predicted molar refractivity (Wildman–Crippen MR) is 120 cm³/mol. The Morgan fingerprint density at radius 1 is 0.674 bits per heavy atom. The molecule has 0 aliphatic heterocycles. The van der Waals surface area contributed by atoms with Gasteiger partial charge < -0.3 is 15.2 Å². The second-order valence-electron chi connectivity index (χ2n) is 9.12. The maximum absolute atomic E-state index is 14.0. The maximum atomic E-state index is 14.0. The lowest BCUT2D eigenvalue weighted by molar-refractivity contribution is -0.440. The van der Waals surface area contributed by atoms with Crippen molar-refractivity contribution >= 4 is 12.1 Å². The van der Waals surface area contributed by atoms with Gasteiger partial charge in [0.25, 0.3) is 0 Å². The van der Waals surface area contributed by atoms with Gasteiger partial charge in [-0.05, 0) is 23.1 Å². The average Bonchev–Trinajstić information content (AvgIpc) is 2.90. The predicted octanol–water partition coefficient (Wildman–Crippen LogP) is 7.28. The Morgan fingerprint density at radius 3 is 1.65 bits per heavy atom. The number of alkyl carbamates (subject to hydrolysis) is 1. The standard InChI is InChI=1S/C25H20F13NO4/c26-20(27,21(28,29)22(30,31)23(32,33)24(34,35)25(36,37)38)11-10-14-6-8-16(9-7-14)13-43-19(42)39-17(18(40)41)12-15-4-2-1-3-5-15/h1-9,17H,10-13H2,(H,39,42)(H,40,41)/t17-/m1/s1. The van der Waals surface area contributed by atoms with Gasteiger partial charge in [-0.2, -0.15) is 57.1 Å². The Hall–Kier alpha value is -3.73. The van der Waals surface area contributed by atoms with Crippen LogP contribution < -0.4 is 5.32 Å². The van der Waals surface area contributed by atoms with E-state index in [2.05, 4.69) is 5.32 Å². The number of carbonyl (C=O) groups is 2. The first-order valence-electron chi connectivity index (χ1n) is 11.7. The highest BCUT2D eigenvalue weighted by Crippen LogP contribution is 2.60. The van der Waals surface area contributed by atoms with E-state index in [1.165, 1.54) is 0 Å². The lowest BCUT2D eigenvalue weighted by atomic mass is 9.91. The van der Waals surface area contributed by atoms with Crippen molar-refractivity contribution in [2.75, 3.05) is 0 Å². The van der Waals surface area contributed by atoms with Crippen LogP contribution in [0.5, 0.6) is 0 Å². The summed E-state index contributed by atoms with van der Waals surface area (Å²) in [6, 6.07) is 10.7. The van der Waals surface area contributed by atoms with Crippen molar-refractivity contribution in [2.45, 2.75) is 67.7 Å². The van der Waals surface area contributed by atoms with Gasteiger partial charge in [0.1, 0.15) is 12.6 Å². The number of hydrogen-bond donors (Lipinski definition) is 2. The number of aryl methyl sites for hydroxylation is 1. The van der Waals surface area contributed by atoms with E-state index in [-0.39, 0.29) is 17.5 Å². The molecular weight excluding hydrogens is 625 g/mol. The number of nitrogens with one attached hydrogen (secondary N) is 1. The van der Waals surface area contributed by atoms with Crippen molar-refractivity contribution < 1.29 is 76.5 Å². The minimum absolute atomic E-state index is 0.0992.